The standard InChI is InChI=1S/C22H30N2O4/c1-4-16(2)20(22(27)28-3)23-21(26)18-12-14-24(15-13-18)19(25)11-10-17-8-6-5-7-9-17/h5-11,16,18,20H,4,12-15H2,1-3H3,(H,23,26)/b11-10+. The third-order valence-corrected chi connectivity index (χ3v) is 5.36. The fourth-order valence-corrected chi connectivity index (χ4v) is 3.27. The van der Waals surface area contributed by atoms with E-state index in [0.717, 1.165) is 12.0 Å². The lowest BCUT2D eigenvalue weighted by Crippen LogP contribution is -2.50. The average molecular weight is 386 g/mol. The van der Waals surface area contributed by atoms with Crippen LogP contribution in [0.25, 0.3) is 6.08 Å². The van der Waals surface area contributed by atoms with E-state index in [9.17, 15) is 14.4 Å². The zero-order valence-electron chi connectivity index (χ0n) is 16.9. The molecular formula is C22H30N2O4. The van der Waals surface area contributed by atoms with Gasteiger partial charge in [0, 0.05) is 25.1 Å². The third kappa shape index (κ3) is 5.94. The van der Waals surface area contributed by atoms with Crippen molar-refractivity contribution in [1.82, 2.24) is 10.2 Å². The Balaban J connectivity index is 1.86. The molecule has 2 amide bonds. The van der Waals surface area contributed by atoms with E-state index in [1.54, 1.807) is 17.1 Å². The topological polar surface area (TPSA) is 75.7 Å². The number of hydrogen-bond donors (Lipinski definition) is 1. The van der Waals surface area contributed by atoms with Crippen LogP contribution in [0.4, 0.5) is 0 Å². The second-order valence-electron chi connectivity index (χ2n) is 7.24. The van der Waals surface area contributed by atoms with Crippen LogP contribution in [0.1, 0.15) is 38.7 Å². The zero-order valence-corrected chi connectivity index (χ0v) is 16.9. The number of likely N-dealkylation sites (tertiary alicyclic amines) is 1. The van der Waals surface area contributed by atoms with Crippen LogP contribution < -0.4 is 5.32 Å². The number of hydrogen-bond acceptors (Lipinski definition) is 4. The second-order valence-corrected chi connectivity index (χ2v) is 7.24. The molecule has 1 aliphatic rings. The summed E-state index contributed by atoms with van der Waals surface area (Å²) in [6.07, 6.45) is 5.32. The molecule has 0 radical (unpaired) electrons. The van der Waals surface area contributed by atoms with E-state index in [0.29, 0.717) is 25.9 Å². The number of nitrogens with zero attached hydrogens (tertiary/aromatic N) is 1. The Morgan fingerprint density at radius 2 is 1.86 bits per heavy atom. The fourth-order valence-electron chi connectivity index (χ4n) is 3.27. The summed E-state index contributed by atoms with van der Waals surface area (Å²) in [4.78, 5) is 38.7. The molecule has 2 unspecified atom stereocenters. The fraction of sp³-hybridized carbons (Fsp3) is 0.500. The SMILES string of the molecule is CCC(C)C(NC(=O)C1CCN(C(=O)/C=C/c2ccccc2)CC1)C(=O)OC. The van der Waals surface area contributed by atoms with E-state index >= 15 is 0 Å². The van der Waals surface area contributed by atoms with Crippen molar-refractivity contribution in [3.63, 3.8) is 0 Å². The molecule has 0 bridgehead atoms. The number of esters is 1. The predicted octanol–water partition coefficient (Wildman–Crippen LogP) is 2.64. The number of amides is 2. The summed E-state index contributed by atoms with van der Waals surface area (Å²) in [6, 6.07) is 9.03. The number of rotatable bonds is 7. The Labute approximate surface area is 166 Å². The molecule has 152 valence electrons. The van der Waals surface area contributed by atoms with Crippen LogP contribution in [0.3, 0.4) is 0 Å². The molecule has 1 aromatic rings. The van der Waals surface area contributed by atoms with E-state index in [2.05, 4.69) is 5.32 Å². The van der Waals surface area contributed by atoms with E-state index in [1.807, 2.05) is 44.2 Å². The molecule has 1 aliphatic heterocycles. The van der Waals surface area contributed by atoms with Gasteiger partial charge in [-0.25, -0.2) is 4.79 Å². The smallest absolute Gasteiger partial charge is 0.328 e. The molecule has 28 heavy (non-hydrogen) atoms. The first kappa shape index (κ1) is 21.7. The summed E-state index contributed by atoms with van der Waals surface area (Å²) < 4.78 is 4.82. The molecule has 1 N–H and O–H groups in total. The molecule has 1 aromatic carbocycles. The molecule has 1 saturated heterocycles. The molecule has 2 atom stereocenters. The molecule has 1 fully saturated rings. The Bertz CT molecular complexity index is 694. The van der Waals surface area contributed by atoms with Gasteiger partial charge in [-0.2, -0.15) is 0 Å². The Kier molecular flexibility index (Phi) is 8.23. The Hall–Kier alpha value is -2.63. The van der Waals surface area contributed by atoms with E-state index in [-0.39, 0.29) is 23.7 Å². The predicted molar refractivity (Wildman–Crippen MR) is 108 cm³/mol. The monoisotopic (exact) mass is 386 g/mol. The zero-order chi connectivity index (χ0) is 20.5. The van der Waals surface area contributed by atoms with Crippen molar-refractivity contribution >= 4 is 23.9 Å². The van der Waals surface area contributed by atoms with Crippen molar-refractivity contribution in [3.8, 4) is 0 Å². The first-order chi connectivity index (χ1) is 13.5. The van der Waals surface area contributed by atoms with Crippen molar-refractivity contribution in [3.05, 3.63) is 42.0 Å². The first-order valence-corrected chi connectivity index (χ1v) is 9.86. The highest BCUT2D eigenvalue weighted by atomic mass is 16.5. The largest absolute Gasteiger partial charge is 0.467 e. The number of carbonyl (C=O) groups is 3. The molecule has 0 aliphatic carbocycles. The highest BCUT2D eigenvalue weighted by Gasteiger charge is 2.32. The van der Waals surface area contributed by atoms with Crippen LogP contribution in [-0.2, 0) is 19.1 Å². The normalized spacial score (nSPS) is 17.2. The van der Waals surface area contributed by atoms with Gasteiger partial charge in [-0.3, -0.25) is 9.59 Å². The van der Waals surface area contributed by atoms with Gasteiger partial charge in [-0.05, 0) is 30.4 Å². The summed E-state index contributed by atoms with van der Waals surface area (Å²) >= 11 is 0. The molecule has 0 spiro atoms. The van der Waals surface area contributed by atoms with Crippen molar-refractivity contribution < 1.29 is 19.1 Å². The quantitative estimate of drug-likeness (QED) is 0.577. The van der Waals surface area contributed by atoms with Crippen LogP contribution in [0.15, 0.2) is 36.4 Å². The number of benzene rings is 1. The van der Waals surface area contributed by atoms with E-state index in [4.69, 9.17) is 4.74 Å². The Morgan fingerprint density at radius 1 is 1.21 bits per heavy atom. The van der Waals surface area contributed by atoms with Crippen LogP contribution in [0.2, 0.25) is 0 Å². The number of methoxy groups -OCH3 is 1. The summed E-state index contributed by atoms with van der Waals surface area (Å²) in [7, 11) is 1.33. The number of piperidine rings is 1. The molecule has 0 aromatic heterocycles. The highest BCUT2D eigenvalue weighted by Crippen LogP contribution is 2.19. The number of carbonyl (C=O) groups excluding carboxylic acids is 3. The maximum atomic E-state index is 12.6. The van der Waals surface area contributed by atoms with Gasteiger partial charge >= 0.3 is 5.97 Å². The highest BCUT2D eigenvalue weighted by molar-refractivity contribution is 5.92. The molecule has 0 saturated carbocycles. The third-order valence-electron chi connectivity index (χ3n) is 5.36. The summed E-state index contributed by atoms with van der Waals surface area (Å²) in [6.45, 7) is 4.95. The average Bonchev–Trinajstić information content (AvgIpc) is 2.75. The second kappa shape index (κ2) is 10.6. The lowest BCUT2D eigenvalue weighted by Gasteiger charge is -2.32. The van der Waals surface area contributed by atoms with Gasteiger partial charge in [0.25, 0.3) is 0 Å². The first-order valence-electron chi connectivity index (χ1n) is 9.86. The van der Waals surface area contributed by atoms with E-state index < -0.39 is 12.0 Å². The molecule has 2 rings (SSSR count). The maximum absolute atomic E-state index is 12.6. The van der Waals surface area contributed by atoms with Crippen molar-refractivity contribution in [2.45, 2.75) is 39.2 Å². The van der Waals surface area contributed by atoms with Gasteiger partial charge in [0.05, 0.1) is 7.11 Å². The van der Waals surface area contributed by atoms with Gasteiger partial charge in [0.15, 0.2) is 0 Å². The minimum absolute atomic E-state index is 0.00110. The van der Waals surface area contributed by atoms with Crippen molar-refractivity contribution in [2.75, 3.05) is 20.2 Å². The van der Waals surface area contributed by atoms with Gasteiger partial charge in [0.1, 0.15) is 6.04 Å². The minimum atomic E-state index is -0.629. The molecular weight excluding hydrogens is 356 g/mol. The van der Waals surface area contributed by atoms with Crippen LogP contribution in [0, 0.1) is 11.8 Å². The summed E-state index contributed by atoms with van der Waals surface area (Å²) in [5, 5.41) is 2.85. The molecule has 1 heterocycles. The van der Waals surface area contributed by atoms with Gasteiger partial charge in [0.2, 0.25) is 11.8 Å². The molecule has 6 heteroatoms. The van der Waals surface area contributed by atoms with Gasteiger partial charge in [-0.1, -0.05) is 50.6 Å². The summed E-state index contributed by atoms with van der Waals surface area (Å²) in [5.74, 6) is -0.793. The lowest BCUT2D eigenvalue weighted by molar-refractivity contribution is -0.147. The molecule has 6 nitrogen and oxygen atoms in total. The van der Waals surface area contributed by atoms with Crippen LogP contribution >= 0.6 is 0 Å². The van der Waals surface area contributed by atoms with Gasteiger partial charge in [-0.15, -0.1) is 0 Å². The van der Waals surface area contributed by atoms with Crippen molar-refractivity contribution in [1.29, 1.82) is 0 Å². The van der Waals surface area contributed by atoms with Crippen LogP contribution in [-0.4, -0.2) is 48.9 Å². The maximum Gasteiger partial charge on any atom is 0.328 e. The summed E-state index contributed by atoms with van der Waals surface area (Å²) in [5.41, 5.74) is 0.976. The van der Waals surface area contributed by atoms with Gasteiger partial charge < -0.3 is 15.0 Å². The van der Waals surface area contributed by atoms with Crippen LogP contribution in [0.5, 0.6) is 0 Å². The Morgan fingerprint density at radius 3 is 2.43 bits per heavy atom. The van der Waals surface area contributed by atoms with E-state index in [1.165, 1.54) is 7.11 Å². The van der Waals surface area contributed by atoms with Crippen molar-refractivity contribution in [2.24, 2.45) is 11.8 Å². The lowest BCUT2D eigenvalue weighted by atomic mass is 9.93. The minimum Gasteiger partial charge on any atom is -0.467 e. The number of ether oxygens (including phenoxy) is 1. The number of nitrogens with one attached hydrogen (secondary N) is 1.